The maximum absolute atomic E-state index is 11.2. The first-order valence-electron chi connectivity index (χ1n) is 3.56. The van der Waals surface area contributed by atoms with E-state index in [4.69, 9.17) is 6.42 Å². The van der Waals surface area contributed by atoms with Gasteiger partial charge in [-0.2, -0.15) is 0 Å². The summed E-state index contributed by atoms with van der Waals surface area (Å²) in [5.41, 5.74) is -1.53. The molecule has 60 valence electrons. The van der Waals surface area contributed by atoms with E-state index in [1.807, 2.05) is 0 Å². The largest absolute Gasteiger partial charge is 0.369 e. The molecule has 0 saturated carbocycles. The molecule has 3 nitrogen and oxygen atoms in total. The van der Waals surface area contributed by atoms with Gasteiger partial charge in [0, 0.05) is 13.6 Å². The molecule has 1 saturated heterocycles. The van der Waals surface area contributed by atoms with Gasteiger partial charge in [-0.25, -0.2) is 0 Å². The first kappa shape index (κ1) is 8.09. The van der Waals surface area contributed by atoms with Crippen LogP contribution >= 0.6 is 0 Å². The zero-order valence-corrected chi connectivity index (χ0v) is 6.50. The van der Waals surface area contributed by atoms with Crippen molar-refractivity contribution in [1.82, 2.24) is 4.90 Å². The van der Waals surface area contributed by atoms with Gasteiger partial charge in [-0.15, -0.1) is 6.42 Å². The fourth-order valence-corrected chi connectivity index (χ4v) is 1.23. The molecule has 1 fully saturated rings. The van der Waals surface area contributed by atoms with Crippen molar-refractivity contribution >= 4 is 5.91 Å². The van der Waals surface area contributed by atoms with E-state index in [1.54, 1.807) is 7.05 Å². The van der Waals surface area contributed by atoms with Gasteiger partial charge >= 0.3 is 0 Å². The molecule has 0 aliphatic carbocycles. The highest BCUT2D eigenvalue weighted by Gasteiger charge is 2.38. The Morgan fingerprint density at radius 2 is 2.45 bits per heavy atom. The summed E-state index contributed by atoms with van der Waals surface area (Å²) in [5, 5.41) is 9.49. The molecule has 0 aromatic heterocycles. The van der Waals surface area contributed by atoms with Crippen LogP contribution in [-0.4, -0.2) is 35.1 Å². The Morgan fingerprint density at radius 3 is 2.91 bits per heavy atom. The zero-order chi connectivity index (χ0) is 8.48. The Kier molecular flexibility index (Phi) is 1.88. The SMILES string of the molecule is C#C[C@]1(O)CCCN(C)C1=O. The lowest BCUT2D eigenvalue weighted by Crippen LogP contribution is -2.50. The predicted octanol–water partition coefficient (Wildman–Crippen LogP) is -0.397. The summed E-state index contributed by atoms with van der Waals surface area (Å²) in [5.74, 6) is 1.77. The highest BCUT2D eigenvalue weighted by molar-refractivity contribution is 5.88. The third kappa shape index (κ3) is 1.22. The minimum absolute atomic E-state index is 0.355. The average molecular weight is 153 g/mol. The molecule has 0 bridgehead atoms. The number of rotatable bonds is 0. The van der Waals surface area contributed by atoms with Crippen LogP contribution in [0.1, 0.15) is 12.8 Å². The van der Waals surface area contributed by atoms with Crippen LogP contribution in [0.15, 0.2) is 0 Å². The van der Waals surface area contributed by atoms with Crippen molar-refractivity contribution in [2.45, 2.75) is 18.4 Å². The van der Waals surface area contributed by atoms with Gasteiger partial charge in [-0.3, -0.25) is 4.79 Å². The Bertz CT molecular complexity index is 219. The van der Waals surface area contributed by atoms with Crippen LogP contribution in [0, 0.1) is 12.3 Å². The lowest BCUT2D eigenvalue weighted by atomic mass is 9.93. The highest BCUT2D eigenvalue weighted by atomic mass is 16.3. The summed E-state index contributed by atoms with van der Waals surface area (Å²) in [7, 11) is 1.64. The smallest absolute Gasteiger partial charge is 0.266 e. The van der Waals surface area contributed by atoms with Gasteiger partial charge in [0.05, 0.1) is 0 Å². The molecule has 0 radical (unpaired) electrons. The molecular formula is C8H11NO2. The van der Waals surface area contributed by atoms with E-state index in [0.717, 1.165) is 6.42 Å². The van der Waals surface area contributed by atoms with Crippen LogP contribution in [0.2, 0.25) is 0 Å². The molecule has 3 heteroatoms. The topological polar surface area (TPSA) is 40.5 Å². The molecule has 0 spiro atoms. The van der Waals surface area contributed by atoms with Crippen molar-refractivity contribution in [3.63, 3.8) is 0 Å². The summed E-state index contributed by atoms with van der Waals surface area (Å²) < 4.78 is 0. The normalized spacial score (nSPS) is 31.7. The number of nitrogens with zero attached hydrogens (tertiary/aromatic N) is 1. The molecule has 0 aromatic rings. The van der Waals surface area contributed by atoms with Crippen molar-refractivity contribution in [3.05, 3.63) is 0 Å². The molecule has 0 unspecified atom stereocenters. The number of hydrogen-bond donors (Lipinski definition) is 1. The Hall–Kier alpha value is -1.01. The fourth-order valence-electron chi connectivity index (χ4n) is 1.23. The van der Waals surface area contributed by atoms with Crippen LogP contribution in [-0.2, 0) is 4.79 Å². The summed E-state index contributed by atoms with van der Waals surface area (Å²) in [6.07, 6.45) is 6.19. The number of likely N-dealkylation sites (N-methyl/N-ethyl adjacent to an activating group) is 1. The number of terminal acetylenes is 1. The summed E-state index contributed by atoms with van der Waals surface area (Å²) >= 11 is 0. The van der Waals surface area contributed by atoms with Crippen LogP contribution in [0.25, 0.3) is 0 Å². The molecular weight excluding hydrogens is 142 g/mol. The number of carbonyl (C=O) groups is 1. The van der Waals surface area contributed by atoms with Gasteiger partial charge in [0.25, 0.3) is 5.91 Å². The predicted molar refractivity (Wildman–Crippen MR) is 40.7 cm³/mol. The highest BCUT2D eigenvalue weighted by Crippen LogP contribution is 2.20. The van der Waals surface area contributed by atoms with Crippen molar-refractivity contribution in [1.29, 1.82) is 0 Å². The van der Waals surface area contributed by atoms with Crippen LogP contribution in [0.4, 0.5) is 0 Å². The van der Waals surface area contributed by atoms with Crippen molar-refractivity contribution in [2.75, 3.05) is 13.6 Å². The molecule has 1 aliphatic heterocycles. The quantitative estimate of drug-likeness (QED) is 0.481. The second-order valence-corrected chi connectivity index (χ2v) is 2.83. The van der Waals surface area contributed by atoms with Crippen molar-refractivity contribution < 1.29 is 9.90 Å². The van der Waals surface area contributed by atoms with Crippen LogP contribution in [0.3, 0.4) is 0 Å². The molecule has 1 aliphatic rings. The monoisotopic (exact) mass is 153 g/mol. The third-order valence-electron chi connectivity index (χ3n) is 1.97. The summed E-state index contributed by atoms with van der Waals surface area (Å²) in [4.78, 5) is 12.7. The van der Waals surface area contributed by atoms with E-state index >= 15 is 0 Å². The number of likely N-dealkylation sites (tertiary alicyclic amines) is 1. The maximum Gasteiger partial charge on any atom is 0.266 e. The van der Waals surface area contributed by atoms with Crippen LogP contribution < -0.4 is 0 Å². The lowest BCUT2D eigenvalue weighted by Gasteiger charge is -2.32. The van der Waals surface area contributed by atoms with E-state index < -0.39 is 5.60 Å². The molecule has 1 N–H and O–H groups in total. The lowest BCUT2D eigenvalue weighted by molar-refractivity contribution is -0.148. The first-order chi connectivity index (χ1) is 5.10. The fraction of sp³-hybridized carbons (Fsp3) is 0.625. The third-order valence-corrected chi connectivity index (χ3v) is 1.97. The Labute approximate surface area is 66.0 Å². The van der Waals surface area contributed by atoms with Gasteiger partial charge in [0.1, 0.15) is 0 Å². The standard InChI is InChI=1S/C8H11NO2/c1-3-8(11)5-4-6-9(2)7(8)10/h1,11H,4-6H2,2H3/t8-/m0/s1. The van der Waals surface area contributed by atoms with Gasteiger partial charge in [-0.1, -0.05) is 5.92 Å². The second-order valence-electron chi connectivity index (χ2n) is 2.83. The summed E-state index contributed by atoms with van der Waals surface area (Å²) in [6.45, 7) is 0.683. The van der Waals surface area contributed by atoms with Gasteiger partial charge in [0.2, 0.25) is 5.60 Å². The first-order valence-corrected chi connectivity index (χ1v) is 3.56. The molecule has 0 aromatic carbocycles. The van der Waals surface area contributed by atoms with E-state index in [9.17, 15) is 9.90 Å². The van der Waals surface area contributed by atoms with Gasteiger partial charge < -0.3 is 10.0 Å². The van der Waals surface area contributed by atoms with Crippen molar-refractivity contribution in [2.24, 2.45) is 0 Å². The second kappa shape index (κ2) is 2.55. The number of piperidine rings is 1. The summed E-state index contributed by atoms with van der Waals surface area (Å²) in [6, 6.07) is 0. The zero-order valence-electron chi connectivity index (χ0n) is 6.50. The van der Waals surface area contributed by atoms with E-state index in [0.29, 0.717) is 13.0 Å². The van der Waals surface area contributed by atoms with Gasteiger partial charge in [-0.05, 0) is 12.8 Å². The minimum Gasteiger partial charge on any atom is -0.369 e. The van der Waals surface area contributed by atoms with E-state index in [1.165, 1.54) is 4.90 Å². The molecule has 1 rings (SSSR count). The molecule has 1 atom stereocenters. The number of aliphatic hydroxyl groups is 1. The molecule has 11 heavy (non-hydrogen) atoms. The number of hydrogen-bond acceptors (Lipinski definition) is 2. The average Bonchev–Trinajstić information content (AvgIpc) is 2.00. The Balaban J connectivity index is 2.83. The number of carbonyl (C=O) groups excluding carboxylic acids is 1. The minimum atomic E-state index is -1.53. The van der Waals surface area contributed by atoms with Gasteiger partial charge in [0.15, 0.2) is 0 Å². The molecule has 1 heterocycles. The van der Waals surface area contributed by atoms with Crippen LogP contribution in [0.5, 0.6) is 0 Å². The van der Waals surface area contributed by atoms with E-state index in [-0.39, 0.29) is 5.91 Å². The number of amides is 1. The maximum atomic E-state index is 11.2. The Morgan fingerprint density at radius 1 is 1.82 bits per heavy atom. The molecule has 1 amide bonds. The van der Waals surface area contributed by atoms with Crippen molar-refractivity contribution in [3.8, 4) is 12.3 Å². The van der Waals surface area contributed by atoms with E-state index in [2.05, 4.69) is 5.92 Å².